The lowest BCUT2D eigenvalue weighted by Gasteiger charge is -2.28. The van der Waals surface area contributed by atoms with Crippen molar-refractivity contribution in [2.24, 2.45) is 0 Å². The minimum absolute atomic E-state index is 0.127. The van der Waals surface area contributed by atoms with E-state index >= 15 is 0 Å². The molecule has 0 radical (unpaired) electrons. The van der Waals surface area contributed by atoms with Gasteiger partial charge >= 0.3 is 0 Å². The molecule has 1 aliphatic rings. The van der Waals surface area contributed by atoms with Crippen LogP contribution in [-0.2, 0) is 11.3 Å². The number of carbonyl (C=O) groups excluding carboxylic acids is 1. The number of carbonyl (C=O) groups is 1. The van der Waals surface area contributed by atoms with Gasteiger partial charge < -0.3 is 15.0 Å². The van der Waals surface area contributed by atoms with E-state index in [1.165, 1.54) is 24.9 Å². The van der Waals surface area contributed by atoms with Gasteiger partial charge in [0, 0.05) is 25.3 Å². The molecule has 5 heteroatoms. The molecule has 4 nitrogen and oxygen atoms in total. The average Bonchev–Trinajstić information content (AvgIpc) is 2.72. The highest BCUT2D eigenvalue weighted by molar-refractivity contribution is 6.32. The van der Waals surface area contributed by atoms with Crippen molar-refractivity contribution in [3.05, 3.63) is 59.1 Å². The summed E-state index contributed by atoms with van der Waals surface area (Å²) in [6.07, 6.45) is 3.88. The topological polar surface area (TPSA) is 41.6 Å². The van der Waals surface area contributed by atoms with Crippen LogP contribution in [0.15, 0.2) is 48.5 Å². The quantitative estimate of drug-likeness (QED) is 0.742. The third-order valence-corrected chi connectivity index (χ3v) is 5.21. The van der Waals surface area contributed by atoms with E-state index in [-0.39, 0.29) is 5.91 Å². The van der Waals surface area contributed by atoms with Gasteiger partial charge in [-0.3, -0.25) is 4.79 Å². The summed E-state index contributed by atoms with van der Waals surface area (Å²) in [6, 6.07) is 15.7. The number of amides is 1. The molecule has 1 fully saturated rings. The maximum absolute atomic E-state index is 12.5. The Morgan fingerprint density at radius 1 is 1.11 bits per heavy atom. The number of para-hydroxylation sites is 1. The fraction of sp³-hybridized carbons (Fsp3) is 0.409. The Morgan fingerprint density at radius 3 is 2.48 bits per heavy atom. The highest BCUT2D eigenvalue weighted by Gasteiger charge is 2.19. The van der Waals surface area contributed by atoms with Crippen LogP contribution >= 0.6 is 11.6 Å². The van der Waals surface area contributed by atoms with Crippen molar-refractivity contribution in [3.8, 4) is 5.75 Å². The van der Waals surface area contributed by atoms with Gasteiger partial charge in [-0.05, 0) is 55.5 Å². The zero-order chi connectivity index (χ0) is 19.1. The summed E-state index contributed by atoms with van der Waals surface area (Å²) < 4.78 is 5.79. The van der Waals surface area contributed by atoms with E-state index in [1.54, 1.807) is 12.1 Å². The molecule has 1 heterocycles. The summed E-state index contributed by atoms with van der Waals surface area (Å²) in [4.78, 5) is 14.9. The summed E-state index contributed by atoms with van der Waals surface area (Å²) in [7, 11) is 0. The Labute approximate surface area is 166 Å². The standard InChI is InChI=1S/C22H27ClN2O2/c1-2-20(27-21-9-5-4-8-19(21)23)22(26)24-16-17-10-12-18(13-11-17)25-14-6-3-7-15-25/h4-5,8-13,20H,2-3,6-7,14-16H2,1H3,(H,24,26). The van der Waals surface area contributed by atoms with Crippen molar-refractivity contribution in [2.75, 3.05) is 18.0 Å². The molecule has 1 unspecified atom stereocenters. The first-order valence-corrected chi connectivity index (χ1v) is 10.1. The first-order chi connectivity index (χ1) is 13.2. The first-order valence-electron chi connectivity index (χ1n) is 9.70. The number of anilines is 1. The molecular weight excluding hydrogens is 360 g/mol. The smallest absolute Gasteiger partial charge is 0.261 e. The predicted molar refractivity (Wildman–Crippen MR) is 111 cm³/mol. The monoisotopic (exact) mass is 386 g/mol. The lowest BCUT2D eigenvalue weighted by Crippen LogP contribution is -2.37. The van der Waals surface area contributed by atoms with Crippen molar-refractivity contribution in [2.45, 2.75) is 45.3 Å². The summed E-state index contributed by atoms with van der Waals surface area (Å²) in [5, 5.41) is 3.48. The largest absolute Gasteiger partial charge is 0.479 e. The maximum atomic E-state index is 12.5. The molecule has 1 N–H and O–H groups in total. The number of halogens is 1. The van der Waals surface area contributed by atoms with Crippen LogP contribution in [0.25, 0.3) is 0 Å². The Hall–Kier alpha value is -2.20. The van der Waals surface area contributed by atoms with E-state index in [2.05, 4.69) is 34.5 Å². The van der Waals surface area contributed by atoms with E-state index in [9.17, 15) is 4.79 Å². The number of benzene rings is 2. The number of hydrogen-bond acceptors (Lipinski definition) is 3. The SMILES string of the molecule is CCC(Oc1ccccc1Cl)C(=O)NCc1ccc(N2CCCCC2)cc1. The molecule has 1 aliphatic heterocycles. The molecule has 2 aromatic carbocycles. The van der Waals surface area contributed by atoms with Crippen LogP contribution in [-0.4, -0.2) is 25.1 Å². The van der Waals surface area contributed by atoms with Gasteiger partial charge in [0.2, 0.25) is 0 Å². The third kappa shape index (κ3) is 5.39. The Morgan fingerprint density at radius 2 is 1.81 bits per heavy atom. The van der Waals surface area contributed by atoms with Crippen molar-refractivity contribution < 1.29 is 9.53 Å². The van der Waals surface area contributed by atoms with Gasteiger partial charge in [-0.25, -0.2) is 0 Å². The second-order valence-electron chi connectivity index (χ2n) is 6.88. The minimum atomic E-state index is -0.558. The Balaban J connectivity index is 1.53. The van der Waals surface area contributed by atoms with Crippen LogP contribution in [0.5, 0.6) is 5.75 Å². The Kier molecular flexibility index (Phi) is 6.99. The van der Waals surface area contributed by atoms with E-state index < -0.39 is 6.10 Å². The summed E-state index contributed by atoms with van der Waals surface area (Å²) in [6.45, 7) is 4.68. The van der Waals surface area contributed by atoms with Crippen molar-refractivity contribution >= 4 is 23.2 Å². The van der Waals surface area contributed by atoms with E-state index in [0.717, 1.165) is 18.7 Å². The van der Waals surface area contributed by atoms with Crippen molar-refractivity contribution in [1.82, 2.24) is 5.32 Å². The van der Waals surface area contributed by atoms with E-state index in [4.69, 9.17) is 16.3 Å². The zero-order valence-corrected chi connectivity index (χ0v) is 16.5. The lowest BCUT2D eigenvalue weighted by molar-refractivity contribution is -0.128. The van der Waals surface area contributed by atoms with Gasteiger partial charge in [-0.15, -0.1) is 0 Å². The molecule has 2 aromatic rings. The second-order valence-corrected chi connectivity index (χ2v) is 7.28. The molecule has 0 bridgehead atoms. The molecule has 0 saturated carbocycles. The van der Waals surface area contributed by atoms with Crippen molar-refractivity contribution in [1.29, 1.82) is 0 Å². The van der Waals surface area contributed by atoms with Crippen LogP contribution in [0.2, 0.25) is 5.02 Å². The van der Waals surface area contributed by atoms with Gasteiger partial charge in [-0.2, -0.15) is 0 Å². The highest BCUT2D eigenvalue weighted by atomic mass is 35.5. The number of hydrogen-bond donors (Lipinski definition) is 1. The van der Waals surface area contributed by atoms with Gasteiger partial charge in [0.25, 0.3) is 5.91 Å². The number of rotatable bonds is 7. The number of nitrogens with one attached hydrogen (secondary N) is 1. The van der Waals surface area contributed by atoms with Crippen LogP contribution in [0.1, 0.15) is 38.2 Å². The normalized spacial score (nSPS) is 15.3. The molecule has 1 saturated heterocycles. The molecular formula is C22H27ClN2O2. The number of ether oxygens (including phenoxy) is 1. The van der Waals surface area contributed by atoms with Crippen LogP contribution in [0.4, 0.5) is 5.69 Å². The van der Waals surface area contributed by atoms with Crippen LogP contribution in [0.3, 0.4) is 0 Å². The van der Waals surface area contributed by atoms with E-state index in [1.807, 2.05) is 19.1 Å². The van der Waals surface area contributed by atoms with E-state index in [0.29, 0.717) is 23.7 Å². The summed E-state index contributed by atoms with van der Waals surface area (Å²) in [5.41, 5.74) is 2.34. The molecule has 1 atom stereocenters. The second kappa shape index (κ2) is 9.65. The van der Waals surface area contributed by atoms with Crippen LogP contribution < -0.4 is 15.0 Å². The highest BCUT2D eigenvalue weighted by Crippen LogP contribution is 2.25. The molecule has 3 rings (SSSR count). The average molecular weight is 387 g/mol. The molecule has 0 aliphatic carbocycles. The zero-order valence-electron chi connectivity index (χ0n) is 15.8. The Bertz CT molecular complexity index is 742. The summed E-state index contributed by atoms with van der Waals surface area (Å²) in [5.74, 6) is 0.407. The molecule has 0 spiro atoms. The molecule has 27 heavy (non-hydrogen) atoms. The fourth-order valence-electron chi connectivity index (χ4n) is 3.30. The van der Waals surface area contributed by atoms with Gasteiger partial charge in [0.05, 0.1) is 5.02 Å². The van der Waals surface area contributed by atoms with Gasteiger partial charge in [0.15, 0.2) is 6.10 Å². The number of piperidine rings is 1. The minimum Gasteiger partial charge on any atom is -0.479 e. The van der Waals surface area contributed by atoms with Gasteiger partial charge in [-0.1, -0.05) is 42.8 Å². The number of nitrogens with zero attached hydrogens (tertiary/aromatic N) is 1. The maximum Gasteiger partial charge on any atom is 0.261 e. The predicted octanol–water partition coefficient (Wildman–Crippen LogP) is 4.80. The van der Waals surface area contributed by atoms with Crippen molar-refractivity contribution in [3.63, 3.8) is 0 Å². The fourth-order valence-corrected chi connectivity index (χ4v) is 3.48. The molecule has 144 valence electrons. The van der Waals surface area contributed by atoms with Crippen LogP contribution in [0, 0.1) is 0 Å². The lowest BCUT2D eigenvalue weighted by atomic mass is 10.1. The third-order valence-electron chi connectivity index (χ3n) is 4.89. The molecule has 0 aromatic heterocycles. The first kappa shape index (κ1) is 19.6. The molecule has 1 amide bonds. The summed E-state index contributed by atoms with van der Waals surface area (Å²) >= 11 is 6.12. The van der Waals surface area contributed by atoms with Gasteiger partial charge in [0.1, 0.15) is 5.75 Å².